The zero-order chi connectivity index (χ0) is 20.2. The fraction of sp³-hybridized carbons (Fsp3) is 0.278. The number of carbonyl (C=O) groups excluding carboxylic acids is 1. The summed E-state index contributed by atoms with van der Waals surface area (Å²) in [5.74, 6) is 0.206. The summed E-state index contributed by atoms with van der Waals surface area (Å²) in [6.45, 7) is 1.48. The van der Waals surface area contributed by atoms with Crippen LogP contribution in [0.4, 0.5) is 11.4 Å². The van der Waals surface area contributed by atoms with E-state index in [4.69, 9.17) is 21.1 Å². The zero-order valence-electron chi connectivity index (χ0n) is 15.4. The molecule has 27 heavy (non-hydrogen) atoms. The fourth-order valence-electron chi connectivity index (χ4n) is 2.60. The molecule has 146 valence electrons. The first kappa shape index (κ1) is 20.9. The van der Waals surface area contributed by atoms with Crippen LogP contribution in [0.25, 0.3) is 0 Å². The maximum Gasteiger partial charge on any atom is 0.248 e. The van der Waals surface area contributed by atoms with Gasteiger partial charge in [0.05, 0.1) is 31.9 Å². The molecule has 1 amide bonds. The van der Waals surface area contributed by atoms with Crippen LogP contribution in [0, 0.1) is 0 Å². The summed E-state index contributed by atoms with van der Waals surface area (Å²) in [5.41, 5.74) is 0.610. The molecule has 2 aromatic rings. The number of nitrogens with zero attached hydrogens (tertiary/aromatic N) is 1. The summed E-state index contributed by atoms with van der Waals surface area (Å²) in [6, 6.07) is 10.3. The minimum atomic E-state index is -3.82. The molecule has 1 N–H and O–H groups in total. The van der Waals surface area contributed by atoms with E-state index in [0.717, 1.165) is 10.6 Å². The molecule has 0 aliphatic rings. The molecular weight excluding hydrogens is 392 g/mol. The first-order chi connectivity index (χ1) is 12.7. The number of benzene rings is 2. The number of nitrogens with one attached hydrogen (secondary N) is 1. The predicted octanol–water partition coefficient (Wildman–Crippen LogP) is 3.15. The number of amides is 1. The minimum absolute atomic E-state index is 0.176. The summed E-state index contributed by atoms with van der Waals surface area (Å²) in [4.78, 5) is 12.8. The molecule has 7 nitrogen and oxygen atoms in total. The van der Waals surface area contributed by atoms with Crippen LogP contribution in [0.2, 0.25) is 5.02 Å². The Morgan fingerprint density at radius 2 is 1.74 bits per heavy atom. The Balaban J connectivity index is 2.43. The van der Waals surface area contributed by atoms with Crippen molar-refractivity contribution < 1.29 is 22.7 Å². The SMILES string of the molecule is COc1ccccc1NC(=O)[C@@H](C)N(c1cc(Cl)ccc1OC)S(C)(=O)=O. The number of methoxy groups -OCH3 is 2. The zero-order valence-corrected chi connectivity index (χ0v) is 17.0. The van der Waals surface area contributed by atoms with Crippen LogP contribution in [0.3, 0.4) is 0 Å². The Morgan fingerprint density at radius 1 is 1.11 bits per heavy atom. The van der Waals surface area contributed by atoms with E-state index >= 15 is 0 Å². The molecule has 0 saturated heterocycles. The van der Waals surface area contributed by atoms with Gasteiger partial charge >= 0.3 is 0 Å². The molecule has 0 saturated carbocycles. The van der Waals surface area contributed by atoms with Crippen molar-refractivity contribution in [3.63, 3.8) is 0 Å². The van der Waals surface area contributed by atoms with Gasteiger partial charge in [-0.05, 0) is 37.3 Å². The van der Waals surface area contributed by atoms with E-state index < -0.39 is 22.0 Å². The van der Waals surface area contributed by atoms with Crippen molar-refractivity contribution in [1.82, 2.24) is 0 Å². The number of ether oxygens (including phenoxy) is 2. The molecule has 0 aliphatic heterocycles. The standard InChI is InChI=1S/C18H21ClN2O5S/c1-12(18(22)20-14-7-5-6-8-16(14)25-2)21(27(4,23)24)15-11-13(19)9-10-17(15)26-3/h5-12H,1-4H3,(H,20,22)/t12-/m1/s1. The third-order valence-electron chi connectivity index (χ3n) is 3.83. The molecule has 0 aliphatic carbocycles. The van der Waals surface area contributed by atoms with Crippen LogP contribution in [0.1, 0.15) is 6.92 Å². The Kier molecular flexibility index (Phi) is 6.56. The van der Waals surface area contributed by atoms with Crippen molar-refractivity contribution in [2.24, 2.45) is 0 Å². The Bertz CT molecular complexity index is 933. The van der Waals surface area contributed by atoms with Crippen molar-refractivity contribution in [2.45, 2.75) is 13.0 Å². The molecule has 2 aromatic carbocycles. The summed E-state index contributed by atoms with van der Waals surface area (Å²) in [6.07, 6.45) is 1.01. The summed E-state index contributed by atoms with van der Waals surface area (Å²) < 4.78 is 36.3. The van der Waals surface area contributed by atoms with E-state index in [-0.39, 0.29) is 11.4 Å². The second kappa shape index (κ2) is 8.49. The maximum absolute atomic E-state index is 12.8. The van der Waals surface area contributed by atoms with Crippen molar-refractivity contribution in [1.29, 1.82) is 0 Å². The highest BCUT2D eigenvalue weighted by atomic mass is 35.5. The van der Waals surface area contributed by atoms with Gasteiger partial charge in [-0.1, -0.05) is 23.7 Å². The molecule has 1 atom stereocenters. The van der Waals surface area contributed by atoms with Gasteiger partial charge in [0.2, 0.25) is 15.9 Å². The Hall–Kier alpha value is -2.45. The highest BCUT2D eigenvalue weighted by Crippen LogP contribution is 2.34. The number of hydrogen-bond donors (Lipinski definition) is 1. The lowest BCUT2D eigenvalue weighted by atomic mass is 10.2. The second-order valence-electron chi connectivity index (χ2n) is 5.74. The molecular formula is C18H21ClN2O5S. The largest absolute Gasteiger partial charge is 0.495 e. The number of anilines is 2. The summed E-state index contributed by atoms with van der Waals surface area (Å²) >= 11 is 6.03. The van der Waals surface area contributed by atoms with Crippen LogP contribution in [0.5, 0.6) is 11.5 Å². The van der Waals surface area contributed by atoms with Crippen molar-refractivity contribution >= 4 is 38.9 Å². The lowest BCUT2D eigenvalue weighted by Crippen LogP contribution is -2.45. The van der Waals surface area contributed by atoms with Gasteiger partial charge in [0, 0.05) is 5.02 Å². The molecule has 0 spiro atoms. The number of para-hydroxylation sites is 2. The highest BCUT2D eigenvalue weighted by Gasteiger charge is 2.31. The molecule has 2 rings (SSSR count). The third kappa shape index (κ3) is 4.84. The smallest absolute Gasteiger partial charge is 0.248 e. The molecule has 0 unspecified atom stereocenters. The Labute approximate surface area is 163 Å². The van der Waals surface area contributed by atoms with Crippen LogP contribution in [-0.4, -0.2) is 40.8 Å². The van der Waals surface area contributed by atoms with E-state index in [1.54, 1.807) is 36.4 Å². The number of carbonyl (C=O) groups is 1. The first-order valence-corrected chi connectivity index (χ1v) is 10.2. The Morgan fingerprint density at radius 3 is 2.33 bits per heavy atom. The van der Waals surface area contributed by atoms with Crippen molar-refractivity contribution in [3.8, 4) is 11.5 Å². The molecule has 0 heterocycles. The van der Waals surface area contributed by atoms with Crippen molar-refractivity contribution in [3.05, 3.63) is 47.5 Å². The fourth-order valence-corrected chi connectivity index (χ4v) is 3.94. The lowest BCUT2D eigenvalue weighted by Gasteiger charge is -2.29. The average Bonchev–Trinajstić information content (AvgIpc) is 2.61. The van der Waals surface area contributed by atoms with E-state index in [1.165, 1.54) is 27.2 Å². The van der Waals surface area contributed by atoms with Gasteiger partial charge in [-0.3, -0.25) is 9.10 Å². The second-order valence-corrected chi connectivity index (χ2v) is 8.04. The molecule has 0 fully saturated rings. The number of halogens is 1. The quantitative estimate of drug-likeness (QED) is 0.755. The average molecular weight is 413 g/mol. The van der Waals surface area contributed by atoms with Gasteiger partial charge in [-0.15, -0.1) is 0 Å². The normalized spacial score (nSPS) is 12.2. The minimum Gasteiger partial charge on any atom is -0.495 e. The van der Waals surface area contributed by atoms with Crippen LogP contribution in [0.15, 0.2) is 42.5 Å². The van der Waals surface area contributed by atoms with Crippen molar-refractivity contribution in [2.75, 3.05) is 30.1 Å². The number of rotatable bonds is 7. The van der Waals surface area contributed by atoms with Gasteiger partial charge in [0.15, 0.2) is 0 Å². The van der Waals surface area contributed by atoms with Gasteiger partial charge < -0.3 is 14.8 Å². The van der Waals surface area contributed by atoms with E-state index in [2.05, 4.69) is 5.32 Å². The van der Waals surface area contributed by atoms with Gasteiger partial charge in [-0.2, -0.15) is 0 Å². The third-order valence-corrected chi connectivity index (χ3v) is 5.29. The molecule has 9 heteroatoms. The first-order valence-electron chi connectivity index (χ1n) is 7.96. The summed E-state index contributed by atoms with van der Waals surface area (Å²) in [7, 11) is -0.927. The highest BCUT2D eigenvalue weighted by molar-refractivity contribution is 7.92. The topological polar surface area (TPSA) is 84.9 Å². The predicted molar refractivity (Wildman–Crippen MR) is 106 cm³/mol. The molecule has 0 aromatic heterocycles. The number of hydrogen-bond acceptors (Lipinski definition) is 5. The van der Waals surface area contributed by atoms with E-state index in [1.807, 2.05) is 0 Å². The lowest BCUT2D eigenvalue weighted by molar-refractivity contribution is -0.116. The van der Waals surface area contributed by atoms with E-state index in [0.29, 0.717) is 16.5 Å². The monoisotopic (exact) mass is 412 g/mol. The van der Waals surface area contributed by atoms with Crippen LogP contribution >= 0.6 is 11.6 Å². The molecule has 0 bridgehead atoms. The number of sulfonamides is 1. The summed E-state index contributed by atoms with van der Waals surface area (Å²) in [5, 5.41) is 3.01. The van der Waals surface area contributed by atoms with E-state index in [9.17, 15) is 13.2 Å². The van der Waals surface area contributed by atoms with Gasteiger partial charge in [-0.25, -0.2) is 8.42 Å². The van der Waals surface area contributed by atoms with Crippen LogP contribution in [-0.2, 0) is 14.8 Å². The maximum atomic E-state index is 12.8. The molecule has 0 radical (unpaired) electrons. The van der Waals surface area contributed by atoms with Crippen LogP contribution < -0.4 is 19.1 Å². The van der Waals surface area contributed by atoms with Gasteiger partial charge in [0.1, 0.15) is 17.5 Å². The van der Waals surface area contributed by atoms with Gasteiger partial charge in [0.25, 0.3) is 0 Å².